The van der Waals surface area contributed by atoms with Crippen LogP contribution < -0.4 is 24.3 Å². The zero-order valence-corrected chi connectivity index (χ0v) is 19.6. The number of carbonyl (C=O) groups excluding carboxylic acids is 1. The van der Waals surface area contributed by atoms with E-state index in [1.807, 2.05) is 42.5 Å². The number of rotatable bonds is 9. The Bertz CT molecular complexity index is 1310. The smallest absolute Gasteiger partial charge is 0.251 e. The van der Waals surface area contributed by atoms with Gasteiger partial charge in [0.15, 0.2) is 0 Å². The number of carbonyl (C=O) groups is 1. The number of aromatic nitrogens is 2. The third-order valence-corrected chi connectivity index (χ3v) is 5.28. The van der Waals surface area contributed by atoms with Gasteiger partial charge in [0.2, 0.25) is 5.88 Å². The van der Waals surface area contributed by atoms with Crippen LogP contribution in [0.4, 0.5) is 0 Å². The molecule has 0 aliphatic heterocycles. The van der Waals surface area contributed by atoms with Gasteiger partial charge in [-0.2, -0.15) is 0 Å². The highest BCUT2D eigenvalue weighted by molar-refractivity contribution is 5.94. The predicted octanol–water partition coefficient (Wildman–Crippen LogP) is 4.89. The van der Waals surface area contributed by atoms with Crippen LogP contribution in [0.5, 0.6) is 28.9 Å². The number of methoxy groups -OCH3 is 3. The van der Waals surface area contributed by atoms with Gasteiger partial charge >= 0.3 is 0 Å². The zero-order chi connectivity index (χ0) is 24.6. The van der Waals surface area contributed by atoms with E-state index in [-0.39, 0.29) is 5.91 Å². The van der Waals surface area contributed by atoms with Crippen LogP contribution in [0.3, 0.4) is 0 Å². The van der Waals surface area contributed by atoms with Gasteiger partial charge in [0.05, 0.1) is 27.0 Å². The fraction of sp³-hybridized carbons (Fsp3) is 0.148. The van der Waals surface area contributed by atoms with Gasteiger partial charge < -0.3 is 24.3 Å². The minimum Gasteiger partial charge on any atom is -0.497 e. The van der Waals surface area contributed by atoms with Crippen LogP contribution >= 0.6 is 0 Å². The second kappa shape index (κ2) is 11.0. The Morgan fingerprint density at radius 2 is 1.54 bits per heavy atom. The van der Waals surface area contributed by atoms with Crippen LogP contribution in [0.1, 0.15) is 15.9 Å². The Balaban J connectivity index is 1.42. The van der Waals surface area contributed by atoms with Crippen LogP contribution in [0.15, 0.2) is 79.1 Å². The lowest BCUT2D eigenvalue weighted by Crippen LogP contribution is -2.23. The largest absolute Gasteiger partial charge is 0.497 e. The lowest BCUT2D eigenvalue weighted by molar-refractivity contribution is 0.0950. The Morgan fingerprint density at radius 1 is 0.800 bits per heavy atom. The molecule has 8 nitrogen and oxygen atoms in total. The SMILES string of the molecule is COc1cccc(Oc2cc(-c3ccc(C(=O)NCc4ccc(OC)cc4OC)cc3)ncn2)c1. The van der Waals surface area contributed by atoms with Crippen molar-refractivity contribution in [2.45, 2.75) is 6.54 Å². The van der Waals surface area contributed by atoms with Crippen molar-refractivity contribution < 1.29 is 23.7 Å². The highest BCUT2D eigenvalue weighted by Gasteiger charge is 2.11. The molecule has 1 aromatic heterocycles. The van der Waals surface area contributed by atoms with Crippen molar-refractivity contribution in [3.63, 3.8) is 0 Å². The van der Waals surface area contributed by atoms with E-state index in [0.29, 0.717) is 46.7 Å². The molecule has 0 unspecified atom stereocenters. The highest BCUT2D eigenvalue weighted by Crippen LogP contribution is 2.27. The van der Waals surface area contributed by atoms with E-state index < -0.39 is 0 Å². The molecule has 0 atom stereocenters. The molecule has 1 heterocycles. The third kappa shape index (κ3) is 5.86. The average Bonchev–Trinajstić information content (AvgIpc) is 2.92. The number of nitrogens with one attached hydrogen (secondary N) is 1. The second-order valence-corrected chi connectivity index (χ2v) is 7.46. The van der Waals surface area contributed by atoms with E-state index in [4.69, 9.17) is 18.9 Å². The van der Waals surface area contributed by atoms with Crippen molar-refractivity contribution >= 4 is 5.91 Å². The standard InChI is InChI=1S/C27H25N3O5/c1-32-21-5-4-6-23(13-21)35-26-15-24(29-17-30-26)18-7-9-19(10-8-18)27(31)28-16-20-11-12-22(33-2)14-25(20)34-3/h4-15,17H,16H2,1-3H3,(H,28,31). The van der Waals surface area contributed by atoms with Gasteiger partial charge in [-0.15, -0.1) is 0 Å². The zero-order valence-electron chi connectivity index (χ0n) is 19.6. The molecular formula is C27H25N3O5. The summed E-state index contributed by atoms with van der Waals surface area (Å²) in [5.41, 5.74) is 2.88. The normalized spacial score (nSPS) is 10.4. The van der Waals surface area contributed by atoms with Crippen LogP contribution in [-0.4, -0.2) is 37.2 Å². The Kier molecular flexibility index (Phi) is 7.42. The van der Waals surface area contributed by atoms with Crippen molar-refractivity contribution in [2.24, 2.45) is 0 Å². The Labute approximate surface area is 203 Å². The van der Waals surface area contributed by atoms with Gasteiger partial charge in [-0.05, 0) is 36.4 Å². The van der Waals surface area contributed by atoms with Crippen LogP contribution in [0.25, 0.3) is 11.3 Å². The van der Waals surface area contributed by atoms with Gasteiger partial charge in [0, 0.05) is 41.4 Å². The molecule has 0 aliphatic rings. The molecule has 0 radical (unpaired) electrons. The first kappa shape index (κ1) is 23.6. The maximum Gasteiger partial charge on any atom is 0.251 e. The first-order chi connectivity index (χ1) is 17.1. The molecule has 1 N–H and O–H groups in total. The molecule has 0 bridgehead atoms. The number of hydrogen-bond acceptors (Lipinski definition) is 7. The summed E-state index contributed by atoms with van der Waals surface area (Å²) in [6, 6.07) is 21.6. The molecule has 0 aliphatic carbocycles. The fourth-order valence-electron chi connectivity index (χ4n) is 3.41. The van der Waals surface area contributed by atoms with E-state index in [9.17, 15) is 4.79 Å². The van der Waals surface area contributed by atoms with E-state index in [1.54, 1.807) is 51.7 Å². The average molecular weight is 472 g/mol. The quantitative estimate of drug-likeness (QED) is 0.372. The van der Waals surface area contributed by atoms with Gasteiger partial charge in [-0.3, -0.25) is 4.79 Å². The summed E-state index contributed by atoms with van der Waals surface area (Å²) in [5, 5.41) is 2.92. The summed E-state index contributed by atoms with van der Waals surface area (Å²) < 4.78 is 21.7. The Hall–Kier alpha value is -4.59. The van der Waals surface area contributed by atoms with Gasteiger partial charge in [0.25, 0.3) is 5.91 Å². The Morgan fingerprint density at radius 3 is 2.29 bits per heavy atom. The lowest BCUT2D eigenvalue weighted by atomic mass is 10.1. The van der Waals surface area contributed by atoms with Crippen molar-refractivity contribution in [1.82, 2.24) is 15.3 Å². The summed E-state index contributed by atoms with van der Waals surface area (Å²) in [4.78, 5) is 21.2. The predicted molar refractivity (Wildman–Crippen MR) is 131 cm³/mol. The summed E-state index contributed by atoms with van der Waals surface area (Å²) in [7, 11) is 4.77. The van der Waals surface area contributed by atoms with Gasteiger partial charge in [-0.25, -0.2) is 9.97 Å². The van der Waals surface area contributed by atoms with Crippen LogP contribution in [0, 0.1) is 0 Å². The lowest BCUT2D eigenvalue weighted by Gasteiger charge is -2.11. The highest BCUT2D eigenvalue weighted by atomic mass is 16.5. The summed E-state index contributed by atoms with van der Waals surface area (Å²) in [6.07, 6.45) is 1.44. The van der Waals surface area contributed by atoms with Crippen molar-refractivity contribution in [3.05, 3.63) is 90.3 Å². The molecule has 0 spiro atoms. The summed E-state index contributed by atoms with van der Waals surface area (Å²) in [6.45, 7) is 0.324. The minimum absolute atomic E-state index is 0.195. The second-order valence-electron chi connectivity index (χ2n) is 7.46. The molecule has 0 saturated carbocycles. The number of hydrogen-bond donors (Lipinski definition) is 1. The topological polar surface area (TPSA) is 91.8 Å². The third-order valence-electron chi connectivity index (χ3n) is 5.28. The molecular weight excluding hydrogens is 446 g/mol. The van der Waals surface area contributed by atoms with Crippen LogP contribution in [-0.2, 0) is 6.54 Å². The molecule has 8 heteroatoms. The number of ether oxygens (including phenoxy) is 4. The van der Waals surface area contributed by atoms with Crippen molar-refractivity contribution in [2.75, 3.05) is 21.3 Å². The molecule has 35 heavy (non-hydrogen) atoms. The molecule has 3 aromatic carbocycles. The molecule has 4 aromatic rings. The molecule has 1 amide bonds. The maximum atomic E-state index is 12.7. The number of nitrogens with zero attached hydrogens (tertiary/aromatic N) is 2. The summed E-state index contributed by atoms with van der Waals surface area (Å²) in [5.74, 6) is 2.84. The molecule has 0 saturated heterocycles. The van der Waals surface area contributed by atoms with Gasteiger partial charge in [0.1, 0.15) is 29.3 Å². The van der Waals surface area contributed by atoms with Crippen molar-refractivity contribution in [1.29, 1.82) is 0 Å². The first-order valence-electron chi connectivity index (χ1n) is 10.8. The summed E-state index contributed by atoms with van der Waals surface area (Å²) >= 11 is 0. The molecule has 0 fully saturated rings. The van der Waals surface area contributed by atoms with E-state index in [0.717, 1.165) is 11.1 Å². The van der Waals surface area contributed by atoms with Crippen molar-refractivity contribution in [3.8, 4) is 40.1 Å². The molecule has 178 valence electrons. The first-order valence-corrected chi connectivity index (χ1v) is 10.8. The van der Waals surface area contributed by atoms with E-state index >= 15 is 0 Å². The van der Waals surface area contributed by atoms with Crippen LogP contribution in [0.2, 0.25) is 0 Å². The fourth-order valence-corrected chi connectivity index (χ4v) is 3.41. The minimum atomic E-state index is -0.195. The molecule has 4 rings (SSSR count). The number of amides is 1. The number of benzene rings is 3. The van der Waals surface area contributed by atoms with Gasteiger partial charge in [-0.1, -0.05) is 18.2 Å². The van der Waals surface area contributed by atoms with E-state index in [2.05, 4.69) is 15.3 Å². The monoisotopic (exact) mass is 471 g/mol. The van der Waals surface area contributed by atoms with E-state index in [1.165, 1.54) is 6.33 Å². The maximum absolute atomic E-state index is 12.7.